The Morgan fingerprint density at radius 2 is 2.00 bits per heavy atom. The number of rotatable bonds is 3. The molecule has 0 heterocycles. The molecule has 0 fully saturated rings. The summed E-state index contributed by atoms with van der Waals surface area (Å²) in [6.45, 7) is 5.71. The van der Waals surface area contributed by atoms with E-state index in [1.807, 2.05) is 6.92 Å². The van der Waals surface area contributed by atoms with Crippen molar-refractivity contribution in [3.05, 3.63) is 0 Å². The molecule has 0 aromatic carbocycles. The summed E-state index contributed by atoms with van der Waals surface area (Å²) < 4.78 is 0. The van der Waals surface area contributed by atoms with E-state index in [9.17, 15) is 5.11 Å². The zero-order valence-corrected chi connectivity index (χ0v) is 10.7. The second kappa shape index (κ2) is 6.27. The Balaban J connectivity index is 0. The van der Waals surface area contributed by atoms with Gasteiger partial charge in [-0.1, -0.05) is 13.3 Å². The van der Waals surface area contributed by atoms with E-state index >= 15 is 0 Å². The Labute approximate surface area is 94.4 Å². The summed E-state index contributed by atoms with van der Waals surface area (Å²) in [6.07, 6.45) is 1.77. The zero-order chi connectivity index (χ0) is 8.20. The molecule has 0 rings (SSSR count). The van der Waals surface area contributed by atoms with E-state index in [0.29, 0.717) is 0 Å². The Hall–Kier alpha value is 0.734. The fraction of sp³-hybridized carbons (Fsp3) is 0.875. The molecule has 0 aliphatic heterocycles. The summed E-state index contributed by atoms with van der Waals surface area (Å²) in [5.74, 6) is 0. The summed E-state index contributed by atoms with van der Waals surface area (Å²) in [7, 11) is 1.71. The van der Waals surface area contributed by atoms with E-state index in [1.54, 1.807) is 14.0 Å². The Morgan fingerprint density at radius 3 is 2.27 bits per heavy atom. The first-order valence-electron chi connectivity index (χ1n) is 3.71. The molecule has 11 heavy (non-hydrogen) atoms. The average Bonchev–Trinajstić information content (AvgIpc) is 1.86. The summed E-state index contributed by atoms with van der Waals surface area (Å²) in [6, 6.07) is 0. The van der Waals surface area contributed by atoms with Gasteiger partial charge in [-0.3, -0.25) is 4.99 Å². The molecule has 3 heteroatoms. The quantitative estimate of drug-likeness (QED) is 0.737. The van der Waals surface area contributed by atoms with Crippen LogP contribution in [0.2, 0.25) is 0 Å². The van der Waals surface area contributed by atoms with Gasteiger partial charge in [0, 0.05) is 45.5 Å². The van der Waals surface area contributed by atoms with Gasteiger partial charge >= 0.3 is 0 Å². The molecular formula is C8H17NOY. The van der Waals surface area contributed by atoms with Crippen LogP contribution in [0.25, 0.3) is 0 Å². The van der Waals surface area contributed by atoms with Crippen molar-refractivity contribution >= 4 is 5.71 Å². The third-order valence-corrected chi connectivity index (χ3v) is 1.85. The molecule has 0 spiro atoms. The summed E-state index contributed by atoms with van der Waals surface area (Å²) in [5.41, 5.74) is 0.123. The van der Waals surface area contributed by atoms with Crippen LogP contribution >= 0.6 is 0 Å². The normalized spacial score (nSPS) is 17.0. The minimum Gasteiger partial charge on any atom is -0.384 e. The maximum absolute atomic E-state index is 9.65. The van der Waals surface area contributed by atoms with Crippen LogP contribution < -0.4 is 0 Å². The maximum Gasteiger partial charge on any atom is 0.0991 e. The summed E-state index contributed by atoms with van der Waals surface area (Å²) >= 11 is 0. The largest absolute Gasteiger partial charge is 0.384 e. The first-order chi connectivity index (χ1) is 4.54. The second-order valence-corrected chi connectivity index (χ2v) is 2.83. The number of aliphatic imine (C=N–C) groups is 1. The molecular weight excluding hydrogens is 215 g/mol. The number of hydrogen-bond donors (Lipinski definition) is 1. The number of aliphatic hydroxyl groups is 1. The van der Waals surface area contributed by atoms with E-state index < -0.39 is 5.60 Å². The van der Waals surface area contributed by atoms with Gasteiger partial charge in [-0.15, -0.1) is 0 Å². The summed E-state index contributed by atoms with van der Waals surface area (Å²) in [5, 5.41) is 9.65. The van der Waals surface area contributed by atoms with Crippen LogP contribution in [0.5, 0.6) is 0 Å². The van der Waals surface area contributed by atoms with Crippen LogP contribution in [-0.2, 0) is 32.7 Å². The van der Waals surface area contributed by atoms with Gasteiger partial charge in [0.2, 0.25) is 0 Å². The van der Waals surface area contributed by atoms with Gasteiger partial charge in [0.1, 0.15) is 0 Å². The van der Waals surface area contributed by atoms with Crippen LogP contribution in [0.3, 0.4) is 0 Å². The Bertz CT molecular complexity index is 132. The second-order valence-electron chi connectivity index (χ2n) is 2.83. The van der Waals surface area contributed by atoms with E-state index in [-0.39, 0.29) is 32.7 Å². The van der Waals surface area contributed by atoms with Crippen molar-refractivity contribution < 1.29 is 37.8 Å². The molecule has 1 radical (unpaired) electrons. The molecule has 0 saturated heterocycles. The van der Waals surface area contributed by atoms with Crippen molar-refractivity contribution in [2.75, 3.05) is 7.05 Å². The number of nitrogens with zero attached hydrogens (tertiary/aromatic N) is 1. The molecule has 0 bridgehead atoms. The molecule has 1 N–H and O–H groups in total. The van der Waals surface area contributed by atoms with E-state index in [1.165, 1.54) is 0 Å². The molecule has 1 unspecified atom stereocenters. The molecule has 0 amide bonds. The standard InChI is InChI=1S/C8H17NO.Y/c1-5-6-8(3,10)7(2)9-4;/h10H,5-6H2,1-4H3;. The first kappa shape index (κ1) is 14.3. The minimum absolute atomic E-state index is 0. The van der Waals surface area contributed by atoms with Gasteiger partial charge in [-0.2, -0.15) is 0 Å². The van der Waals surface area contributed by atoms with Crippen LogP contribution in [0.15, 0.2) is 4.99 Å². The minimum atomic E-state index is -0.691. The Morgan fingerprint density at radius 1 is 1.55 bits per heavy atom. The van der Waals surface area contributed by atoms with Gasteiger partial charge in [-0.05, 0) is 20.3 Å². The predicted octanol–water partition coefficient (Wildman–Crippen LogP) is 1.63. The van der Waals surface area contributed by atoms with Gasteiger partial charge in [0.15, 0.2) is 0 Å². The van der Waals surface area contributed by atoms with Crippen molar-refractivity contribution in [1.29, 1.82) is 0 Å². The van der Waals surface area contributed by atoms with Crippen LogP contribution in [0.4, 0.5) is 0 Å². The third-order valence-electron chi connectivity index (χ3n) is 1.85. The van der Waals surface area contributed by atoms with E-state index in [0.717, 1.165) is 18.6 Å². The zero-order valence-electron chi connectivity index (χ0n) is 7.89. The maximum atomic E-state index is 9.65. The predicted molar refractivity (Wildman–Crippen MR) is 44.6 cm³/mol. The van der Waals surface area contributed by atoms with E-state index in [2.05, 4.69) is 11.9 Å². The van der Waals surface area contributed by atoms with Gasteiger partial charge in [0.25, 0.3) is 0 Å². The molecule has 0 aliphatic rings. The molecule has 0 aromatic rings. The fourth-order valence-electron chi connectivity index (χ4n) is 0.909. The molecule has 63 valence electrons. The van der Waals surface area contributed by atoms with Crippen molar-refractivity contribution in [2.45, 2.75) is 39.2 Å². The first-order valence-corrected chi connectivity index (χ1v) is 3.71. The monoisotopic (exact) mass is 232 g/mol. The van der Waals surface area contributed by atoms with Gasteiger partial charge < -0.3 is 5.11 Å². The van der Waals surface area contributed by atoms with Crippen LogP contribution in [-0.4, -0.2) is 23.5 Å². The van der Waals surface area contributed by atoms with Crippen molar-refractivity contribution in [3.63, 3.8) is 0 Å². The topological polar surface area (TPSA) is 32.6 Å². The third kappa shape index (κ3) is 5.05. The number of hydrogen-bond acceptors (Lipinski definition) is 2. The average molecular weight is 232 g/mol. The summed E-state index contributed by atoms with van der Waals surface area (Å²) in [4.78, 5) is 3.95. The van der Waals surface area contributed by atoms with Crippen molar-refractivity contribution in [3.8, 4) is 0 Å². The van der Waals surface area contributed by atoms with Gasteiger partial charge in [0.05, 0.1) is 5.60 Å². The van der Waals surface area contributed by atoms with Crippen LogP contribution in [0.1, 0.15) is 33.6 Å². The molecule has 0 saturated carbocycles. The van der Waals surface area contributed by atoms with Crippen molar-refractivity contribution in [2.24, 2.45) is 4.99 Å². The molecule has 0 aromatic heterocycles. The molecule has 2 nitrogen and oxygen atoms in total. The van der Waals surface area contributed by atoms with Gasteiger partial charge in [-0.25, -0.2) is 0 Å². The Kier molecular flexibility index (Phi) is 8.14. The fourth-order valence-corrected chi connectivity index (χ4v) is 0.909. The molecule has 0 aliphatic carbocycles. The smallest absolute Gasteiger partial charge is 0.0991 e. The van der Waals surface area contributed by atoms with Crippen LogP contribution in [0, 0.1) is 0 Å². The SMILES string of the molecule is CCCC(C)(O)C(C)=NC.[Y]. The van der Waals surface area contributed by atoms with E-state index in [4.69, 9.17) is 0 Å². The van der Waals surface area contributed by atoms with Crippen molar-refractivity contribution in [1.82, 2.24) is 0 Å². The molecule has 1 atom stereocenters.